The molecule has 1 aromatic rings. The van der Waals surface area contributed by atoms with Gasteiger partial charge in [0.25, 0.3) is 0 Å². The van der Waals surface area contributed by atoms with Crippen molar-refractivity contribution in [3.05, 3.63) is 41.0 Å². The number of aliphatic hydroxyl groups is 1. The van der Waals surface area contributed by atoms with Crippen molar-refractivity contribution in [1.29, 1.82) is 0 Å². The number of esters is 1. The number of ether oxygens (including phenoxy) is 1. The molecule has 0 radical (unpaired) electrons. The van der Waals surface area contributed by atoms with Crippen molar-refractivity contribution in [3.8, 4) is 0 Å². The van der Waals surface area contributed by atoms with Crippen LogP contribution in [0.2, 0.25) is 0 Å². The molecule has 0 bridgehead atoms. The van der Waals surface area contributed by atoms with E-state index in [1.54, 1.807) is 32.0 Å². The summed E-state index contributed by atoms with van der Waals surface area (Å²) in [5, 5.41) is 10.4. The SMILES string of the molecule is CC(C)C(=O)OCC(C)(C)CC1=C(O)c2ccccc2C(=O)C1=O. The van der Waals surface area contributed by atoms with Gasteiger partial charge in [-0.1, -0.05) is 52.0 Å². The van der Waals surface area contributed by atoms with E-state index >= 15 is 0 Å². The Morgan fingerprint density at radius 2 is 1.71 bits per heavy atom. The van der Waals surface area contributed by atoms with E-state index in [1.807, 2.05) is 13.8 Å². The summed E-state index contributed by atoms with van der Waals surface area (Å²) < 4.78 is 5.24. The summed E-state index contributed by atoms with van der Waals surface area (Å²) in [5.41, 5.74) is 0.0694. The van der Waals surface area contributed by atoms with Gasteiger partial charge in [0.2, 0.25) is 11.6 Å². The topological polar surface area (TPSA) is 80.7 Å². The summed E-state index contributed by atoms with van der Waals surface area (Å²) in [4.78, 5) is 36.2. The second-order valence-electron chi connectivity index (χ2n) is 7.13. The fourth-order valence-electron chi connectivity index (χ4n) is 2.54. The van der Waals surface area contributed by atoms with Crippen LogP contribution in [0.3, 0.4) is 0 Å². The van der Waals surface area contributed by atoms with Crippen LogP contribution < -0.4 is 0 Å². The number of rotatable bonds is 5. The molecule has 0 amide bonds. The molecule has 24 heavy (non-hydrogen) atoms. The van der Waals surface area contributed by atoms with E-state index in [0.717, 1.165) is 0 Å². The molecule has 0 saturated carbocycles. The predicted octanol–water partition coefficient (Wildman–Crippen LogP) is 3.34. The van der Waals surface area contributed by atoms with E-state index in [2.05, 4.69) is 0 Å². The third kappa shape index (κ3) is 3.55. The van der Waals surface area contributed by atoms with Gasteiger partial charge in [-0.3, -0.25) is 14.4 Å². The third-order valence-electron chi connectivity index (χ3n) is 3.92. The Labute approximate surface area is 141 Å². The van der Waals surface area contributed by atoms with E-state index in [4.69, 9.17) is 4.74 Å². The van der Waals surface area contributed by atoms with Gasteiger partial charge in [0.1, 0.15) is 5.76 Å². The molecule has 0 fully saturated rings. The van der Waals surface area contributed by atoms with Gasteiger partial charge < -0.3 is 9.84 Å². The minimum atomic E-state index is -0.700. The predicted molar refractivity (Wildman–Crippen MR) is 89.5 cm³/mol. The molecule has 0 saturated heterocycles. The molecule has 0 aromatic heterocycles. The number of allylic oxidation sites excluding steroid dienone is 1. The first kappa shape index (κ1) is 17.9. The minimum Gasteiger partial charge on any atom is -0.507 e. The number of ketones is 2. The highest BCUT2D eigenvalue weighted by Gasteiger charge is 2.36. The van der Waals surface area contributed by atoms with Crippen LogP contribution in [0.25, 0.3) is 5.76 Å². The molecule has 1 aliphatic rings. The number of Topliss-reactive ketones (excluding diaryl/α,β-unsaturated/α-hetero) is 2. The molecule has 0 atom stereocenters. The zero-order chi connectivity index (χ0) is 18.1. The normalized spacial score (nSPS) is 14.9. The van der Waals surface area contributed by atoms with Gasteiger partial charge >= 0.3 is 5.97 Å². The Morgan fingerprint density at radius 1 is 1.12 bits per heavy atom. The number of carbonyl (C=O) groups is 3. The van der Waals surface area contributed by atoms with Crippen molar-refractivity contribution in [3.63, 3.8) is 0 Å². The van der Waals surface area contributed by atoms with Crippen molar-refractivity contribution < 1.29 is 24.2 Å². The number of hydrogen-bond donors (Lipinski definition) is 1. The Hall–Kier alpha value is -2.43. The summed E-state index contributed by atoms with van der Waals surface area (Å²) in [6, 6.07) is 6.49. The van der Waals surface area contributed by atoms with Crippen LogP contribution in [0.5, 0.6) is 0 Å². The highest BCUT2D eigenvalue weighted by Crippen LogP contribution is 2.35. The maximum absolute atomic E-state index is 12.3. The third-order valence-corrected chi connectivity index (χ3v) is 3.92. The van der Waals surface area contributed by atoms with Crippen LogP contribution in [0.4, 0.5) is 0 Å². The van der Waals surface area contributed by atoms with Crippen LogP contribution in [-0.4, -0.2) is 29.2 Å². The number of benzene rings is 1. The lowest BCUT2D eigenvalue weighted by Gasteiger charge is -2.27. The fourth-order valence-corrected chi connectivity index (χ4v) is 2.54. The fraction of sp³-hybridized carbons (Fsp3) is 0.421. The van der Waals surface area contributed by atoms with Gasteiger partial charge in [0.15, 0.2) is 0 Å². The highest BCUT2D eigenvalue weighted by atomic mass is 16.5. The zero-order valence-electron chi connectivity index (χ0n) is 14.4. The van der Waals surface area contributed by atoms with Crippen molar-refractivity contribution in [1.82, 2.24) is 0 Å². The second kappa shape index (κ2) is 6.59. The minimum absolute atomic E-state index is 0.0734. The monoisotopic (exact) mass is 330 g/mol. The number of fused-ring (bicyclic) bond motifs is 1. The first-order chi connectivity index (χ1) is 11.1. The standard InChI is InChI=1S/C19H22O5/c1-11(2)18(23)24-10-19(3,4)9-14-15(20)12-7-5-6-8-13(12)16(21)17(14)22/h5-8,11,20H,9-10H2,1-4H3. The van der Waals surface area contributed by atoms with Gasteiger partial charge in [0.05, 0.1) is 12.5 Å². The van der Waals surface area contributed by atoms with E-state index in [-0.39, 0.29) is 41.8 Å². The Balaban J connectivity index is 2.26. The summed E-state index contributed by atoms with van der Waals surface area (Å²) in [5.74, 6) is -2.04. The summed E-state index contributed by atoms with van der Waals surface area (Å²) in [6.45, 7) is 7.22. The Morgan fingerprint density at radius 3 is 2.29 bits per heavy atom. The lowest BCUT2D eigenvalue weighted by atomic mass is 9.79. The summed E-state index contributed by atoms with van der Waals surface area (Å²) in [7, 11) is 0. The smallest absolute Gasteiger partial charge is 0.308 e. The van der Waals surface area contributed by atoms with Gasteiger partial charge in [-0.25, -0.2) is 0 Å². The number of aliphatic hydroxyl groups excluding tert-OH is 1. The lowest BCUT2D eigenvalue weighted by molar-refractivity contribution is -0.150. The molecule has 5 nitrogen and oxygen atoms in total. The van der Waals surface area contributed by atoms with E-state index in [9.17, 15) is 19.5 Å². The molecule has 2 rings (SSSR count). The Bertz CT molecular complexity index is 725. The maximum atomic E-state index is 12.3. The maximum Gasteiger partial charge on any atom is 0.308 e. The van der Waals surface area contributed by atoms with Gasteiger partial charge in [-0.05, 0) is 6.42 Å². The molecular weight excluding hydrogens is 308 g/mol. The summed E-state index contributed by atoms with van der Waals surface area (Å²) in [6.07, 6.45) is 0.142. The molecule has 0 aliphatic heterocycles. The van der Waals surface area contributed by atoms with Gasteiger partial charge in [-0.2, -0.15) is 0 Å². The van der Waals surface area contributed by atoms with Crippen molar-refractivity contribution in [2.24, 2.45) is 11.3 Å². The van der Waals surface area contributed by atoms with Gasteiger partial charge in [-0.15, -0.1) is 0 Å². The van der Waals surface area contributed by atoms with Crippen LogP contribution >= 0.6 is 0 Å². The molecule has 0 heterocycles. The quantitative estimate of drug-likeness (QED) is 0.661. The molecule has 128 valence electrons. The second-order valence-corrected chi connectivity index (χ2v) is 7.13. The van der Waals surface area contributed by atoms with Crippen LogP contribution in [-0.2, 0) is 14.3 Å². The van der Waals surface area contributed by atoms with Crippen LogP contribution in [0.15, 0.2) is 29.8 Å². The molecule has 1 aromatic carbocycles. The number of hydrogen-bond acceptors (Lipinski definition) is 5. The van der Waals surface area contributed by atoms with Gasteiger partial charge in [0, 0.05) is 22.1 Å². The first-order valence-corrected chi connectivity index (χ1v) is 7.91. The lowest BCUT2D eigenvalue weighted by Crippen LogP contribution is -2.30. The van der Waals surface area contributed by atoms with Crippen molar-refractivity contribution in [2.75, 3.05) is 6.61 Å². The molecule has 5 heteroatoms. The first-order valence-electron chi connectivity index (χ1n) is 7.91. The average Bonchev–Trinajstić information content (AvgIpc) is 2.54. The Kier molecular flexibility index (Phi) is 4.92. The molecule has 0 spiro atoms. The average molecular weight is 330 g/mol. The van der Waals surface area contributed by atoms with Crippen molar-refractivity contribution in [2.45, 2.75) is 34.1 Å². The summed E-state index contributed by atoms with van der Waals surface area (Å²) >= 11 is 0. The van der Waals surface area contributed by atoms with E-state index < -0.39 is 17.0 Å². The van der Waals surface area contributed by atoms with Crippen LogP contribution in [0.1, 0.15) is 50.0 Å². The van der Waals surface area contributed by atoms with Crippen molar-refractivity contribution >= 4 is 23.3 Å². The van der Waals surface area contributed by atoms with Crippen LogP contribution in [0, 0.1) is 11.3 Å². The largest absolute Gasteiger partial charge is 0.507 e. The molecule has 0 unspecified atom stereocenters. The molecule has 1 aliphatic carbocycles. The molecule has 1 N–H and O–H groups in total. The number of carbonyl (C=O) groups excluding carboxylic acids is 3. The highest BCUT2D eigenvalue weighted by molar-refractivity contribution is 6.52. The molecular formula is C19H22O5. The van der Waals surface area contributed by atoms with E-state index in [1.165, 1.54) is 6.07 Å². The zero-order valence-corrected chi connectivity index (χ0v) is 14.4. The van der Waals surface area contributed by atoms with E-state index in [0.29, 0.717) is 5.56 Å².